The maximum absolute atomic E-state index is 11.4. The third kappa shape index (κ3) is 4.19. The first-order chi connectivity index (χ1) is 10.1. The van der Waals surface area contributed by atoms with E-state index in [1.807, 2.05) is 18.2 Å². The van der Waals surface area contributed by atoms with Crippen LogP contribution in [0.3, 0.4) is 0 Å². The van der Waals surface area contributed by atoms with Crippen LogP contribution in [-0.2, 0) is 4.74 Å². The number of ether oxygens (including phenoxy) is 1. The Morgan fingerprint density at radius 2 is 2.19 bits per heavy atom. The van der Waals surface area contributed by atoms with Crippen molar-refractivity contribution in [1.82, 2.24) is 10.2 Å². The molecule has 2 N–H and O–H groups in total. The lowest BCUT2D eigenvalue weighted by atomic mass is 9.98. The Kier molecular flexibility index (Phi) is 5.59. The largest absolute Gasteiger partial charge is 0.450 e. The van der Waals surface area contributed by atoms with E-state index in [1.54, 1.807) is 6.92 Å². The number of likely N-dealkylation sites (tertiary alicyclic amines) is 1. The molecule has 0 spiro atoms. The molecule has 1 saturated heterocycles. The number of nitrogens with one attached hydrogen (secondary N) is 1. The zero-order valence-electron chi connectivity index (χ0n) is 12.7. The fraction of sp³-hybridized carbons (Fsp3) is 0.562. The van der Waals surface area contributed by atoms with Crippen LogP contribution in [0.1, 0.15) is 31.9 Å². The molecule has 1 aliphatic rings. The normalized spacial score (nSPS) is 24.3. The quantitative estimate of drug-likeness (QED) is 0.890. The molecule has 1 aromatic rings. The van der Waals surface area contributed by atoms with Gasteiger partial charge in [0.05, 0.1) is 18.8 Å². The van der Waals surface area contributed by atoms with Crippen LogP contribution in [0.15, 0.2) is 30.3 Å². The lowest BCUT2D eigenvalue weighted by molar-refractivity contribution is 0.0223. The molecule has 3 unspecified atom stereocenters. The van der Waals surface area contributed by atoms with Gasteiger partial charge in [-0.15, -0.1) is 0 Å². The summed E-state index contributed by atoms with van der Waals surface area (Å²) < 4.78 is 4.86. The Morgan fingerprint density at radius 3 is 2.81 bits per heavy atom. The van der Waals surface area contributed by atoms with Gasteiger partial charge in [0.25, 0.3) is 0 Å². The van der Waals surface area contributed by atoms with E-state index in [-0.39, 0.29) is 12.1 Å². The summed E-state index contributed by atoms with van der Waals surface area (Å²) in [5, 5.41) is 13.0. The average molecular weight is 292 g/mol. The Balaban J connectivity index is 1.90. The van der Waals surface area contributed by atoms with Crippen molar-refractivity contribution in [1.29, 1.82) is 0 Å². The van der Waals surface area contributed by atoms with Crippen LogP contribution in [0.25, 0.3) is 0 Å². The minimum atomic E-state index is -0.575. The molecule has 5 nitrogen and oxygen atoms in total. The summed E-state index contributed by atoms with van der Waals surface area (Å²) in [6.45, 7) is 5.63. The SMILES string of the molecule is CCOC(=O)NC1CCN(C(C)c2ccccc2)CC1O. The minimum Gasteiger partial charge on any atom is -0.450 e. The summed E-state index contributed by atoms with van der Waals surface area (Å²) in [5.74, 6) is 0. The zero-order valence-corrected chi connectivity index (χ0v) is 12.7. The van der Waals surface area contributed by atoms with Gasteiger partial charge in [-0.25, -0.2) is 4.79 Å². The Morgan fingerprint density at radius 1 is 1.48 bits per heavy atom. The van der Waals surface area contributed by atoms with Gasteiger partial charge in [0.15, 0.2) is 0 Å². The van der Waals surface area contributed by atoms with E-state index in [4.69, 9.17) is 4.74 Å². The van der Waals surface area contributed by atoms with Crippen molar-refractivity contribution in [3.63, 3.8) is 0 Å². The van der Waals surface area contributed by atoms with Crippen LogP contribution in [-0.4, -0.2) is 47.9 Å². The van der Waals surface area contributed by atoms with Crippen LogP contribution in [0.5, 0.6) is 0 Å². The molecule has 0 aliphatic carbocycles. The lowest BCUT2D eigenvalue weighted by Gasteiger charge is -2.39. The molecule has 1 amide bonds. The molecule has 3 atom stereocenters. The van der Waals surface area contributed by atoms with Crippen molar-refractivity contribution in [2.45, 2.75) is 38.5 Å². The van der Waals surface area contributed by atoms with E-state index in [0.717, 1.165) is 13.0 Å². The van der Waals surface area contributed by atoms with E-state index >= 15 is 0 Å². The first kappa shape index (κ1) is 15.8. The van der Waals surface area contributed by atoms with Gasteiger partial charge in [-0.05, 0) is 25.8 Å². The predicted octanol–water partition coefficient (Wildman–Crippen LogP) is 1.93. The fourth-order valence-electron chi connectivity index (χ4n) is 2.74. The number of β-amino-alcohol motifs (C(OH)–C–C–N with tert-alkyl or cyclic N) is 1. The molecule has 1 heterocycles. The van der Waals surface area contributed by atoms with Gasteiger partial charge < -0.3 is 15.2 Å². The van der Waals surface area contributed by atoms with Gasteiger partial charge in [0.2, 0.25) is 0 Å². The van der Waals surface area contributed by atoms with Crippen molar-refractivity contribution in [3.05, 3.63) is 35.9 Å². The second-order valence-electron chi connectivity index (χ2n) is 5.41. The van der Waals surface area contributed by atoms with Crippen molar-refractivity contribution < 1.29 is 14.6 Å². The van der Waals surface area contributed by atoms with Gasteiger partial charge in [-0.3, -0.25) is 4.90 Å². The maximum Gasteiger partial charge on any atom is 0.407 e. The number of aliphatic hydroxyl groups excluding tert-OH is 1. The van der Waals surface area contributed by atoms with Crippen molar-refractivity contribution >= 4 is 6.09 Å². The van der Waals surface area contributed by atoms with Crippen molar-refractivity contribution in [3.8, 4) is 0 Å². The Bertz CT molecular complexity index is 452. The van der Waals surface area contributed by atoms with Gasteiger partial charge in [0, 0.05) is 19.1 Å². The number of aliphatic hydroxyl groups is 1. The molecule has 21 heavy (non-hydrogen) atoms. The third-order valence-corrected chi connectivity index (χ3v) is 4.02. The molecule has 0 radical (unpaired) electrons. The molecule has 0 bridgehead atoms. The Hall–Kier alpha value is -1.59. The second-order valence-corrected chi connectivity index (χ2v) is 5.41. The van der Waals surface area contributed by atoms with Gasteiger partial charge in [-0.1, -0.05) is 30.3 Å². The monoisotopic (exact) mass is 292 g/mol. The number of hydrogen-bond acceptors (Lipinski definition) is 4. The van der Waals surface area contributed by atoms with E-state index in [1.165, 1.54) is 5.56 Å². The highest BCUT2D eigenvalue weighted by Crippen LogP contribution is 2.24. The highest BCUT2D eigenvalue weighted by Gasteiger charge is 2.31. The molecule has 1 aliphatic heterocycles. The van der Waals surface area contributed by atoms with E-state index in [9.17, 15) is 9.90 Å². The van der Waals surface area contributed by atoms with Crippen molar-refractivity contribution in [2.75, 3.05) is 19.7 Å². The molecule has 1 aromatic carbocycles. The minimum absolute atomic E-state index is 0.233. The summed E-state index contributed by atoms with van der Waals surface area (Å²) in [4.78, 5) is 13.7. The van der Waals surface area contributed by atoms with Gasteiger partial charge in [-0.2, -0.15) is 0 Å². The summed E-state index contributed by atoms with van der Waals surface area (Å²) in [6.07, 6.45) is -0.308. The fourth-order valence-corrected chi connectivity index (χ4v) is 2.74. The summed E-state index contributed by atoms with van der Waals surface area (Å²) >= 11 is 0. The first-order valence-electron chi connectivity index (χ1n) is 7.52. The highest BCUT2D eigenvalue weighted by atomic mass is 16.5. The molecule has 5 heteroatoms. The smallest absolute Gasteiger partial charge is 0.407 e. The number of carbonyl (C=O) groups is 1. The highest BCUT2D eigenvalue weighted by molar-refractivity contribution is 5.67. The summed E-state index contributed by atoms with van der Waals surface area (Å²) in [6, 6.07) is 10.3. The topological polar surface area (TPSA) is 61.8 Å². The van der Waals surface area contributed by atoms with Crippen molar-refractivity contribution in [2.24, 2.45) is 0 Å². The molecule has 2 rings (SSSR count). The molecule has 0 aromatic heterocycles. The summed E-state index contributed by atoms with van der Waals surface area (Å²) in [5.41, 5.74) is 1.24. The average Bonchev–Trinajstić information content (AvgIpc) is 2.50. The van der Waals surface area contributed by atoms with Crippen LogP contribution in [0.4, 0.5) is 4.79 Å². The van der Waals surface area contributed by atoms with Crippen LogP contribution in [0.2, 0.25) is 0 Å². The number of piperidine rings is 1. The molecular weight excluding hydrogens is 268 g/mol. The number of amides is 1. The van der Waals surface area contributed by atoms with Crippen LogP contribution in [0, 0.1) is 0 Å². The number of hydrogen-bond donors (Lipinski definition) is 2. The number of benzene rings is 1. The lowest BCUT2D eigenvalue weighted by Crippen LogP contribution is -2.54. The second kappa shape index (κ2) is 7.43. The molecular formula is C16H24N2O3. The van der Waals surface area contributed by atoms with Crippen LogP contribution < -0.4 is 5.32 Å². The van der Waals surface area contributed by atoms with Gasteiger partial charge in [0.1, 0.15) is 0 Å². The first-order valence-corrected chi connectivity index (χ1v) is 7.52. The van der Waals surface area contributed by atoms with E-state index < -0.39 is 12.2 Å². The zero-order chi connectivity index (χ0) is 15.2. The molecule has 1 fully saturated rings. The number of carbonyl (C=O) groups excluding carboxylic acids is 1. The van der Waals surface area contributed by atoms with E-state index in [2.05, 4.69) is 29.3 Å². The standard InChI is InChI=1S/C16H24N2O3/c1-3-21-16(20)17-14-9-10-18(11-15(14)19)12(2)13-7-5-4-6-8-13/h4-8,12,14-15,19H,3,9-11H2,1-2H3,(H,17,20). The number of alkyl carbamates (subject to hydrolysis) is 1. The van der Waals surface area contributed by atoms with Crippen LogP contribution >= 0.6 is 0 Å². The maximum atomic E-state index is 11.4. The van der Waals surface area contributed by atoms with E-state index in [0.29, 0.717) is 13.2 Å². The third-order valence-electron chi connectivity index (χ3n) is 4.02. The predicted molar refractivity (Wildman–Crippen MR) is 81.0 cm³/mol. The van der Waals surface area contributed by atoms with Gasteiger partial charge >= 0.3 is 6.09 Å². The number of nitrogens with zero attached hydrogens (tertiary/aromatic N) is 1. The molecule has 116 valence electrons. The molecule has 0 saturated carbocycles. The summed E-state index contributed by atoms with van der Waals surface area (Å²) in [7, 11) is 0. The number of rotatable bonds is 4. The Labute approximate surface area is 125 Å².